The maximum atomic E-state index is 13.2. The van der Waals surface area contributed by atoms with Crippen molar-refractivity contribution in [3.05, 3.63) is 29.3 Å². The highest BCUT2D eigenvalue weighted by atomic mass is 16.5. The van der Waals surface area contributed by atoms with Crippen molar-refractivity contribution in [3.63, 3.8) is 0 Å². The summed E-state index contributed by atoms with van der Waals surface area (Å²) in [6.07, 6.45) is 1.22. The van der Waals surface area contributed by atoms with E-state index in [9.17, 15) is 4.79 Å². The molecule has 2 fully saturated rings. The van der Waals surface area contributed by atoms with Crippen molar-refractivity contribution < 1.29 is 9.53 Å². The molecule has 1 amide bonds. The molecule has 1 atom stereocenters. The van der Waals surface area contributed by atoms with Gasteiger partial charge in [0.25, 0.3) is 5.91 Å². The summed E-state index contributed by atoms with van der Waals surface area (Å²) in [5.74, 6) is 1.27. The van der Waals surface area contributed by atoms with Crippen LogP contribution in [0.1, 0.15) is 51.2 Å². The van der Waals surface area contributed by atoms with Gasteiger partial charge in [-0.15, -0.1) is 0 Å². The molecule has 1 aromatic carbocycles. The zero-order valence-corrected chi connectivity index (χ0v) is 17.5. The zero-order valence-electron chi connectivity index (χ0n) is 17.5. The van der Waals surface area contributed by atoms with Gasteiger partial charge in [0.15, 0.2) is 5.60 Å². The molecule has 1 N–H and O–H groups in total. The molecule has 0 radical (unpaired) electrons. The number of piperazine rings is 1. The predicted molar refractivity (Wildman–Crippen MR) is 109 cm³/mol. The van der Waals surface area contributed by atoms with Gasteiger partial charge in [-0.3, -0.25) is 9.69 Å². The van der Waals surface area contributed by atoms with E-state index in [-0.39, 0.29) is 5.91 Å². The SMILES string of the molecule is Cc1ccc(C(C)C)c(OC(C)(C)C(=O)N2CCN([C@H]3CCNC3)CC2)c1. The Balaban J connectivity index is 1.65. The van der Waals surface area contributed by atoms with Gasteiger partial charge in [0.2, 0.25) is 0 Å². The minimum Gasteiger partial charge on any atom is -0.478 e. The van der Waals surface area contributed by atoms with Crippen LogP contribution in [-0.2, 0) is 4.79 Å². The van der Waals surface area contributed by atoms with Crippen LogP contribution in [0.15, 0.2) is 18.2 Å². The number of carbonyl (C=O) groups is 1. The van der Waals surface area contributed by atoms with Crippen LogP contribution in [0.3, 0.4) is 0 Å². The fraction of sp³-hybridized carbons (Fsp3) is 0.682. The minimum atomic E-state index is -0.867. The second kappa shape index (κ2) is 8.19. The van der Waals surface area contributed by atoms with Crippen LogP contribution in [0.2, 0.25) is 0 Å². The van der Waals surface area contributed by atoms with E-state index in [1.807, 2.05) is 18.7 Å². The Bertz CT molecular complexity index is 658. The lowest BCUT2D eigenvalue weighted by Crippen LogP contribution is -2.57. The van der Waals surface area contributed by atoms with Gasteiger partial charge in [-0.1, -0.05) is 26.0 Å². The van der Waals surface area contributed by atoms with Crippen molar-refractivity contribution in [2.75, 3.05) is 39.3 Å². The Labute approximate surface area is 164 Å². The Kier molecular flexibility index (Phi) is 6.11. The third-order valence-corrected chi connectivity index (χ3v) is 5.82. The molecule has 5 heteroatoms. The highest BCUT2D eigenvalue weighted by Crippen LogP contribution is 2.31. The Morgan fingerprint density at radius 2 is 1.93 bits per heavy atom. The van der Waals surface area contributed by atoms with Gasteiger partial charge in [0.05, 0.1) is 0 Å². The van der Waals surface area contributed by atoms with Gasteiger partial charge < -0.3 is 15.0 Å². The summed E-state index contributed by atoms with van der Waals surface area (Å²) in [6, 6.07) is 6.90. The van der Waals surface area contributed by atoms with Crippen molar-refractivity contribution in [1.82, 2.24) is 15.1 Å². The lowest BCUT2D eigenvalue weighted by molar-refractivity contribution is -0.147. The molecule has 0 aliphatic carbocycles. The molecular formula is C22H35N3O2. The lowest BCUT2D eigenvalue weighted by atomic mass is 9.99. The number of amides is 1. The molecule has 0 spiro atoms. The average molecular weight is 374 g/mol. The molecule has 2 aliphatic heterocycles. The van der Waals surface area contributed by atoms with Gasteiger partial charge in [-0.2, -0.15) is 0 Å². The molecule has 0 unspecified atom stereocenters. The second-order valence-electron chi connectivity index (χ2n) is 8.78. The summed E-state index contributed by atoms with van der Waals surface area (Å²) < 4.78 is 6.30. The van der Waals surface area contributed by atoms with Crippen molar-refractivity contribution in [2.45, 2.75) is 58.6 Å². The number of ether oxygens (including phenoxy) is 1. The van der Waals surface area contributed by atoms with E-state index < -0.39 is 5.60 Å². The van der Waals surface area contributed by atoms with Crippen molar-refractivity contribution >= 4 is 5.91 Å². The number of nitrogens with one attached hydrogen (secondary N) is 1. The van der Waals surface area contributed by atoms with E-state index in [4.69, 9.17) is 4.74 Å². The van der Waals surface area contributed by atoms with Gasteiger partial charge in [-0.25, -0.2) is 0 Å². The quantitative estimate of drug-likeness (QED) is 0.862. The molecule has 2 aliphatic rings. The van der Waals surface area contributed by atoms with Gasteiger partial charge in [-0.05, 0) is 56.8 Å². The fourth-order valence-electron chi connectivity index (χ4n) is 4.15. The summed E-state index contributed by atoms with van der Waals surface area (Å²) >= 11 is 0. The van der Waals surface area contributed by atoms with E-state index in [2.05, 4.69) is 49.2 Å². The molecule has 0 saturated carbocycles. The number of aryl methyl sites for hydroxylation is 1. The average Bonchev–Trinajstić information content (AvgIpc) is 3.15. The maximum absolute atomic E-state index is 13.2. The fourth-order valence-corrected chi connectivity index (χ4v) is 4.15. The summed E-state index contributed by atoms with van der Waals surface area (Å²) in [4.78, 5) is 17.7. The number of nitrogens with zero attached hydrogens (tertiary/aromatic N) is 2. The molecular weight excluding hydrogens is 338 g/mol. The highest BCUT2D eigenvalue weighted by Gasteiger charge is 2.37. The number of carbonyl (C=O) groups excluding carboxylic acids is 1. The number of rotatable bonds is 5. The number of hydrogen-bond acceptors (Lipinski definition) is 4. The number of hydrogen-bond donors (Lipinski definition) is 1. The predicted octanol–water partition coefficient (Wildman–Crippen LogP) is 2.78. The van der Waals surface area contributed by atoms with Crippen LogP contribution in [-0.4, -0.2) is 66.6 Å². The van der Waals surface area contributed by atoms with Crippen LogP contribution in [0.25, 0.3) is 0 Å². The topological polar surface area (TPSA) is 44.8 Å². The van der Waals surface area contributed by atoms with Crippen molar-refractivity contribution in [1.29, 1.82) is 0 Å². The molecule has 0 aromatic heterocycles. The second-order valence-corrected chi connectivity index (χ2v) is 8.78. The highest BCUT2D eigenvalue weighted by molar-refractivity contribution is 5.85. The van der Waals surface area contributed by atoms with Crippen LogP contribution in [0, 0.1) is 6.92 Å². The Hall–Kier alpha value is -1.59. The normalized spacial score (nSPS) is 21.7. The largest absolute Gasteiger partial charge is 0.478 e. The first kappa shape index (κ1) is 20.2. The first-order valence-corrected chi connectivity index (χ1v) is 10.3. The lowest BCUT2D eigenvalue weighted by Gasteiger charge is -2.40. The molecule has 1 aromatic rings. The third kappa shape index (κ3) is 4.64. The molecule has 150 valence electrons. The monoisotopic (exact) mass is 373 g/mol. The molecule has 27 heavy (non-hydrogen) atoms. The van der Waals surface area contributed by atoms with Crippen LogP contribution in [0.4, 0.5) is 0 Å². The molecule has 3 rings (SSSR count). The van der Waals surface area contributed by atoms with Crippen molar-refractivity contribution in [2.24, 2.45) is 0 Å². The smallest absolute Gasteiger partial charge is 0.266 e. The minimum absolute atomic E-state index is 0.0860. The summed E-state index contributed by atoms with van der Waals surface area (Å²) in [7, 11) is 0. The first-order chi connectivity index (χ1) is 12.8. The molecule has 5 nitrogen and oxygen atoms in total. The van der Waals surface area contributed by atoms with Crippen LogP contribution >= 0.6 is 0 Å². The van der Waals surface area contributed by atoms with E-state index in [1.165, 1.54) is 6.42 Å². The van der Waals surface area contributed by atoms with Gasteiger partial charge >= 0.3 is 0 Å². The number of benzene rings is 1. The van der Waals surface area contributed by atoms with Gasteiger partial charge in [0, 0.05) is 38.8 Å². The van der Waals surface area contributed by atoms with E-state index in [0.29, 0.717) is 12.0 Å². The molecule has 2 saturated heterocycles. The Morgan fingerprint density at radius 1 is 1.22 bits per heavy atom. The van der Waals surface area contributed by atoms with E-state index >= 15 is 0 Å². The molecule has 2 heterocycles. The first-order valence-electron chi connectivity index (χ1n) is 10.3. The van der Waals surface area contributed by atoms with E-state index in [0.717, 1.165) is 56.1 Å². The summed E-state index contributed by atoms with van der Waals surface area (Å²) in [6.45, 7) is 15.8. The standard InChI is InChI=1S/C22H35N3O2/c1-16(2)19-7-6-17(3)14-20(19)27-22(4,5)21(26)25-12-10-24(11-13-25)18-8-9-23-15-18/h6-7,14,16,18,23H,8-13,15H2,1-5H3/t18-/m0/s1. The van der Waals surface area contributed by atoms with Crippen molar-refractivity contribution in [3.8, 4) is 5.75 Å². The Morgan fingerprint density at radius 3 is 2.52 bits per heavy atom. The summed E-state index contributed by atoms with van der Waals surface area (Å²) in [5, 5.41) is 3.43. The van der Waals surface area contributed by atoms with Crippen LogP contribution in [0.5, 0.6) is 5.75 Å². The van der Waals surface area contributed by atoms with Gasteiger partial charge in [0.1, 0.15) is 5.75 Å². The maximum Gasteiger partial charge on any atom is 0.266 e. The third-order valence-electron chi connectivity index (χ3n) is 5.82. The molecule has 0 bridgehead atoms. The van der Waals surface area contributed by atoms with Crippen LogP contribution < -0.4 is 10.1 Å². The van der Waals surface area contributed by atoms with E-state index in [1.54, 1.807) is 0 Å². The zero-order chi connectivity index (χ0) is 19.6. The summed E-state index contributed by atoms with van der Waals surface area (Å²) in [5.41, 5.74) is 1.44.